The lowest BCUT2D eigenvalue weighted by atomic mass is 10.2. The molecule has 0 saturated carbocycles. The van der Waals surface area contributed by atoms with Gasteiger partial charge in [0.15, 0.2) is 0 Å². The maximum absolute atomic E-state index is 10.7. The van der Waals surface area contributed by atoms with E-state index in [0.717, 1.165) is 37.8 Å². The number of amides is 1. The first kappa shape index (κ1) is 19.1. The number of hydrogen-bond acceptors (Lipinski definition) is 4. The fraction of sp³-hybridized carbons (Fsp3) is 0.500. The van der Waals surface area contributed by atoms with E-state index in [4.69, 9.17) is 0 Å². The Kier molecular flexibility index (Phi) is 11.9. The normalized spacial score (nSPS) is 9.29. The van der Waals surface area contributed by atoms with Gasteiger partial charge in [0.25, 0.3) is 0 Å². The van der Waals surface area contributed by atoms with Crippen LogP contribution in [0.4, 0.5) is 5.69 Å². The molecule has 1 rings (SSSR count). The molecular weight excluding hydrogens is 266 g/mol. The standard InChI is InChI=1S/C8H18N2O.C8H9NO/c1-9-7-5-3-4-6-8(11)10-2;1-9-8-4-2-3-7(5-8)6-10/h9H,3-7H2,1-2H3,(H,10,11);2-6,9H,1H3. The van der Waals surface area contributed by atoms with Crippen LogP contribution in [-0.2, 0) is 4.79 Å². The highest BCUT2D eigenvalue weighted by Crippen LogP contribution is 2.06. The predicted molar refractivity (Wildman–Crippen MR) is 87.8 cm³/mol. The molecule has 1 amide bonds. The summed E-state index contributed by atoms with van der Waals surface area (Å²) in [7, 11) is 5.44. The van der Waals surface area contributed by atoms with Crippen LogP contribution in [0.2, 0.25) is 0 Å². The van der Waals surface area contributed by atoms with E-state index in [2.05, 4.69) is 16.0 Å². The van der Waals surface area contributed by atoms with Gasteiger partial charge < -0.3 is 16.0 Å². The fourth-order valence-corrected chi connectivity index (χ4v) is 1.66. The van der Waals surface area contributed by atoms with E-state index in [1.807, 2.05) is 26.2 Å². The third-order valence-corrected chi connectivity index (χ3v) is 2.92. The highest BCUT2D eigenvalue weighted by Gasteiger charge is 1.95. The Balaban J connectivity index is 0.000000382. The summed E-state index contributed by atoms with van der Waals surface area (Å²) in [6.45, 7) is 1.05. The number of unbranched alkanes of at least 4 members (excludes halogenated alkanes) is 2. The summed E-state index contributed by atoms with van der Waals surface area (Å²) < 4.78 is 0. The molecule has 0 radical (unpaired) electrons. The lowest BCUT2D eigenvalue weighted by Crippen LogP contribution is -2.17. The number of hydrogen-bond donors (Lipinski definition) is 3. The molecule has 0 fully saturated rings. The van der Waals surface area contributed by atoms with Crippen molar-refractivity contribution in [2.45, 2.75) is 25.7 Å². The molecule has 0 saturated heterocycles. The Hall–Kier alpha value is -1.88. The largest absolute Gasteiger partial charge is 0.388 e. The van der Waals surface area contributed by atoms with Crippen molar-refractivity contribution < 1.29 is 9.59 Å². The van der Waals surface area contributed by atoms with E-state index >= 15 is 0 Å². The van der Waals surface area contributed by atoms with Gasteiger partial charge in [-0.2, -0.15) is 0 Å². The zero-order valence-corrected chi connectivity index (χ0v) is 13.2. The zero-order chi connectivity index (χ0) is 15.9. The monoisotopic (exact) mass is 293 g/mol. The first-order chi connectivity index (χ1) is 10.2. The Morgan fingerprint density at radius 2 is 1.90 bits per heavy atom. The van der Waals surface area contributed by atoms with Crippen molar-refractivity contribution in [1.82, 2.24) is 10.6 Å². The van der Waals surface area contributed by atoms with Crippen LogP contribution in [0.3, 0.4) is 0 Å². The molecular formula is C16H27N3O2. The fourth-order valence-electron chi connectivity index (χ4n) is 1.66. The molecule has 5 heteroatoms. The van der Waals surface area contributed by atoms with Gasteiger partial charge in [-0.1, -0.05) is 18.6 Å². The van der Waals surface area contributed by atoms with E-state index < -0.39 is 0 Å². The average molecular weight is 293 g/mol. The van der Waals surface area contributed by atoms with E-state index in [9.17, 15) is 9.59 Å². The second-order valence-electron chi connectivity index (χ2n) is 4.58. The predicted octanol–water partition coefficient (Wildman–Crippen LogP) is 2.05. The summed E-state index contributed by atoms with van der Waals surface area (Å²) >= 11 is 0. The van der Waals surface area contributed by atoms with E-state index in [1.54, 1.807) is 19.2 Å². The molecule has 0 bridgehead atoms. The molecule has 5 nitrogen and oxygen atoms in total. The van der Waals surface area contributed by atoms with Crippen molar-refractivity contribution in [2.24, 2.45) is 0 Å². The molecule has 0 aliphatic rings. The Labute approximate surface area is 127 Å². The molecule has 0 aliphatic carbocycles. The van der Waals surface area contributed by atoms with Gasteiger partial charge in [0.05, 0.1) is 0 Å². The van der Waals surface area contributed by atoms with Gasteiger partial charge in [-0.3, -0.25) is 9.59 Å². The van der Waals surface area contributed by atoms with Gasteiger partial charge >= 0.3 is 0 Å². The van der Waals surface area contributed by atoms with Gasteiger partial charge in [0, 0.05) is 31.8 Å². The Morgan fingerprint density at radius 1 is 1.14 bits per heavy atom. The van der Waals surface area contributed by atoms with Crippen molar-refractivity contribution in [3.63, 3.8) is 0 Å². The zero-order valence-electron chi connectivity index (χ0n) is 13.2. The van der Waals surface area contributed by atoms with Crippen molar-refractivity contribution in [2.75, 3.05) is 33.0 Å². The lowest BCUT2D eigenvalue weighted by Gasteiger charge is -1.99. The van der Waals surface area contributed by atoms with E-state index in [1.165, 1.54) is 0 Å². The topological polar surface area (TPSA) is 70.2 Å². The molecule has 118 valence electrons. The number of rotatable bonds is 8. The number of aldehydes is 1. The summed E-state index contributed by atoms with van der Waals surface area (Å²) in [6.07, 6.45) is 4.80. The van der Waals surface area contributed by atoms with Gasteiger partial charge in [0.1, 0.15) is 6.29 Å². The number of carbonyl (C=O) groups is 2. The van der Waals surface area contributed by atoms with Crippen LogP contribution in [-0.4, -0.2) is 39.9 Å². The highest BCUT2D eigenvalue weighted by molar-refractivity contribution is 5.76. The minimum atomic E-state index is 0.148. The molecule has 21 heavy (non-hydrogen) atoms. The smallest absolute Gasteiger partial charge is 0.219 e. The number of carbonyl (C=O) groups excluding carboxylic acids is 2. The van der Waals surface area contributed by atoms with Gasteiger partial charge in [-0.05, 0) is 38.6 Å². The van der Waals surface area contributed by atoms with Crippen LogP contribution in [0, 0.1) is 0 Å². The summed E-state index contributed by atoms with van der Waals surface area (Å²) in [6, 6.07) is 7.32. The quantitative estimate of drug-likeness (QED) is 0.507. The molecule has 1 aromatic carbocycles. The Bertz CT molecular complexity index is 408. The van der Waals surface area contributed by atoms with Crippen LogP contribution in [0.1, 0.15) is 36.0 Å². The Morgan fingerprint density at radius 3 is 2.48 bits per heavy atom. The molecule has 0 aromatic heterocycles. The molecule has 0 aliphatic heterocycles. The third-order valence-electron chi connectivity index (χ3n) is 2.92. The van der Waals surface area contributed by atoms with Crippen molar-refractivity contribution in [3.8, 4) is 0 Å². The SMILES string of the molecule is CNCCCCCC(=O)NC.CNc1cccc(C=O)c1. The van der Waals surface area contributed by atoms with Crippen LogP contribution in [0.5, 0.6) is 0 Å². The van der Waals surface area contributed by atoms with Crippen LogP contribution < -0.4 is 16.0 Å². The van der Waals surface area contributed by atoms with Gasteiger partial charge in [0.2, 0.25) is 5.91 Å². The number of benzene rings is 1. The summed E-state index contributed by atoms with van der Waals surface area (Å²) in [5.41, 5.74) is 1.66. The molecule has 0 atom stereocenters. The van der Waals surface area contributed by atoms with Gasteiger partial charge in [-0.15, -0.1) is 0 Å². The average Bonchev–Trinajstić information content (AvgIpc) is 2.55. The van der Waals surface area contributed by atoms with Crippen molar-refractivity contribution in [1.29, 1.82) is 0 Å². The third kappa shape index (κ3) is 10.6. The van der Waals surface area contributed by atoms with Crippen molar-refractivity contribution in [3.05, 3.63) is 29.8 Å². The lowest BCUT2D eigenvalue weighted by molar-refractivity contribution is -0.120. The molecule has 3 N–H and O–H groups in total. The maximum Gasteiger partial charge on any atom is 0.219 e. The van der Waals surface area contributed by atoms with Gasteiger partial charge in [-0.25, -0.2) is 0 Å². The van der Waals surface area contributed by atoms with Crippen LogP contribution >= 0.6 is 0 Å². The highest BCUT2D eigenvalue weighted by atomic mass is 16.1. The maximum atomic E-state index is 10.7. The van der Waals surface area contributed by atoms with E-state index in [-0.39, 0.29) is 5.91 Å². The molecule has 0 unspecified atom stereocenters. The second-order valence-corrected chi connectivity index (χ2v) is 4.58. The first-order valence-electron chi connectivity index (χ1n) is 7.26. The first-order valence-corrected chi connectivity index (χ1v) is 7.26. The molecule has 1 aromatic rings. The minimum Gasteiger partial charge on any atom is -0.388 e. The number of nitrogens with one attached hydrogen (secondary N) is 3. The van der Waals surface area contributed by atoms with Crippen LogP contribution in [0.15, 0.2) is 24.3 Å². The minimum absolute atomic E-state index is 0.148. The second kappa shape index (κ2) is 13.1. The summed E-state index contributed by atoms with van der Waals surface area (Å²) in [5.74, 6) is 0.148. The van der Waals surface area contributed by atoms with Crippen molar-refractivity contribution >= 4 is 17.9 Å². The van der Waals surface area contributed by atoms with Crippen LogP contribution in [0.25, 0.3) is 0 Å². The molecule has 0 spiro atoms. The van der Waals surface area contributed by atoms with E-state index in [0.29, 0.717) is 12.0 Å². The summed E-state index contributed by atoms with van der Waals surface area (Å²) in [5, 5.41) is 8.61. The molecule has 0 heterocycles. The number of anilines is 1. The summed E-state index contributed by atoms with van der Waals surface area (Å²) in [4.78, 5) is 21.0.